The van der Waals surface area contributed by atoms with E-state index < -0.39 is 0 Å². The van der Waals surface area contributed by atoms with Gasteiger partial charge in [-0.2, -0.15) is 0 Å². The molecule has 212 valence electrons. The molecule has 2 atom stereocenters. The number of carbonyl (C=O) groups is 1. The van der Waals surface area contributed by atoms with Gasteiger partial charge in [-0.15, -0.1) is 16.4 Å². The Labute approximate surface area is 244 Å². The molecule has 1 unspecified atom stereocenters. The second-order valence-corrected chi connectivity index (χ2v) is 12.0. The Morgan fingerprint density at radius 2 is 2.10 bits per heavy atom. The molecule has 0 radical (unpaired) electrons. The van der Waals surface area contributed by atoms with Crippen LogP contribution >= 0.6 is 11.3 Å². The molecular formula is C32H36N6O2S. The van der Waals surface area contributed by atoms with Crippen LogP contribution in [-0.2, 0) is 36.1 Å². The minimum atomic E-state index is -0.218. The molecule has 41 heavy (non-hydrogen) atoms. The van der Waals surface area contributed by atoms with Gasteiger partial charge in [0.05, 0.1) is 18.7 Å². The number of benzene rings is 1. The van der Waals surface area contributed by atoms with E-state index in [1.807, 2.05) is 33.3 Å². The Kier molecular flexibility index (Phi) is 7.81. The summed E-state index contributed by atoms with van der Waals surface area (Å²) in [5.74, 6) is 0.154. The van der Waals surface area contributed by atoms with Gasteiger partial charge in [-0.25, -0.2) is 9.67 Å². The van der Waals surface area contributed by atoms with Crippen molar-refractivity contribution in [1.82, 2.24) is 29.9 Å². The van der Waals surface area contributed by atoms with E-state index >= 15 is 0 Å². The topological polar surface area (TPSA) is 86.0 Å². The van der Waals surface area contributed by atoms with E-state index in [9.17, 15) is 4.79 Å². The summed E-state index contributed by atoms with van der Waals surface area (Å²) < 4.78 is 8.41. The highest BCUT2D eigenvalue weighted by Gasteiger charge is 2.26. The second kappa shape index (κ2) is 11.7. The monoisotopic (exact) mass is 568 g/mol. The SMILES string of the molecule is CCOC(=O)CC(c1cc(CN2Cc3ncccc3C[C@H](CC)C2)c2sccc2c1)c1cnc2c(nnn2C)c1C. The van der Waals surface area contributed by atoms with Gasteiger partial charge in [-0.3, -0.25) is 14.7 Å². The summed E-state index contributed by atoms with van der Waals surface area (Å²) in [4.78, 5) is 24.9. The zero-order chi connectivity index (χ0) is 28.5. The lowest BCUT2D eigenvalue weighted by molar-refractivity contribution is -0.143. The van der Waals surface area contributed by atoms with Gasteiger partial charge in [-0.1, -0.05) is 30.7 Å². The number of pyridine rings is 2. The summed E-state index contributed by atoms with van der Waals surface area (Å²) in [5.41, 5.74) is 8.38. The molecule has 4 aromatic heterocycles. The van der Waals surface area contributed by atoms with Crippen LogP contribution in [0.4, 0.5) is 0 Å². The van der Waals surface area contributed by atoms with Gasteiger partial charge in [0, 0.05) is 49.7 Å². The number of aromatic nitrogens is 5. The van der Waals surface area contributed by atoms with Gasteiger partial charge >= 0.3 is 5.97 Å². The molecule has 0 fully saturated rings. The second-order valence-electron chi connectivity index (χ2n) is 11.1. The molecular weight excluding hydrogens is 532 g/mol. The van der Waals surface area contributed by atoms with Crippen LogP contribution in [0.2, 0.25) is 0 Å². The smallest absolute Gasteiger partial charge is 0.306 e. The number of esters is 1. The van der Waals surface area contributed by atoms with Gasteiger partial charge in [0.25, 0.3) is 0 Å². The number of hydrogen-bond donors (Lipinski definition) is 0. The molecule has 9 heteroatoms. The molecule has 0 aliphatic carbocycles. The Balaban J connectivity index is 1.42. The molecule has 0 saturated heterocycles. The van der Waals surface area contributed by atoms with E-state index in [4.69, 9.17) is 14.7 Å². The van der Waals surface area contributed by atoms with E-state index in [0.29, 0.717) is 12.5 Å². The maximum Gasteiger partial charge on any atom is 0.306 e. The summed E-state index contributed by atoms with van der Waals surface area (Å²) in [6.45, 7) is 9.22. The van der Waals surface area contributed by atoms with E-state index in [1.165, 1.54) is 26.9 Å². The largest absolute Gasteiger partial charge is 0.466 e. The van der Waals surface area contributed by atoms with Crippen LogP contribution in [-0.4, -0.2) is 49.0 Å². The first-order chi connectivity index (χ1) is 19.9. The molecule has 0 bridgehead atoms. The van der Waals surface area contributed by atoms with E-state index in [2.05, 4.69) is 57.8 Å². The molecule has 1 aliphatic heterocycles. The van der Waals surface area contributed by atoms with Crippen LogP contribution in [0, 0.1) is 12.8 Å². The normalized spacial score (nSPS) is 16.5. The summed E-state index contributed by atoms with van der Waals surface area (Å²) in [6, 6.07) is 11.0. The van der Waals surface area contributed by atoms with Crippen molar-refractivity contribution in [1.29, 1.82) is 0 Å². The lowest BCUT2D eigenvalue weighted by atomic mass is 9.85. The minimum Gasteiger partial charge on any atom is -0.466 e. The zero-order valence-electron chi connectivity index (χ0n) is 24.1. The van der Waals surface area contributed by atoms with Crippen LogP contribution in [0.25, 0.3) is 21.3 Å². The number of fused-ring (bicyclic) bond motifs is 3. The van der Waals surface area contributed by atoms with Crippen molar-refractivity contribution in [2.75, 3.05) is 13.2 Å². The number of aryl methyl sites for hydroxylation is 2. The van der Waals surface area contributed by atoms with Gasteiger partial charge < -0.3 is 4.74 Å². The maximum atomic E-state index is 12.9. The molecule has 1 aromatic carbocycles. The molecule has 5 heterocycles. The van der Waals surface area contributed by atoms with Crippen LogP contribution in [0.1, 0.15) is 66.1 Å². The molecule has 0 N–H and O–H groups in total. The molecule has 1 aliphatic rings. The summed E-state index contributed by atoms with van der Waals surface area (Å²) in [6.07, 6.45) is 6.23. The number of thiophene rings is 1. The van der Waals surface area contributed by atoms with E-state index in [0.717, 1.165) is 60.3 Å². The highest BCUT2D eigenvalue weighted by atomic mass is 32.1. The van der Waals surface area contributed by atoms with Crippen LogP contribution in [0.3, 0.4) is 0 Å². The third kappa shape index (κ3) is 5.48. The maximum absolute atomic E-state index is 12.9. The quantitative estimate of drug-likeness (QED) is 0.214. The Morgan fingerprint density at radius 3 is 2.93 bits per heavy atom. The fourth-order valence-corrected chi connectivity index (χ4v) is 7.09. The van der Waals surface area contributed by atoms with Gasteiger partial charge in [-0.05, 0) is 83.0 Å². The first-order valence-corrected chi connectivity index (χ1v) is 15.3. The van der Waals surface area contributed by atoms with Crippen molar-refractivity contribution >= 4 is 38.6 Å². The highest BCUT2D eigenvalue weighted by Crippen LogP contribution is 2.37. The Morgan fingerprint density at radius 1 is 1.22 bits per heavy atom. The molecule has 0 amide bonds. The van der Waals surface area contributed by atoms with Gasteiger partial charge in [0.2, 0.25) is 0 Å². The summed E-state index contributed by atoms with van der Waals surface area (Å²) >= 11 is 1.78. The van der Waals surface area contributed by atoms with Crippen molar-refractivity contribution in [3.8, 4) is 0 Å². The molecule has 8 nitrogen and oxygen atoms in total. The van der Waals surface area contributed by atoms with Gasteiger partial charge in [0.15, 0.2) is 5.65 Å². The van der Waals surface area contributed by atoms with Crippen molar-refractivity contribution in [2.24, 2.45) is 13.0 Å². The van der Waals surface area contributed by atoms with Crippen LogP contribution in [0.5, 0.6) is 0 Å². The lowest BCUT2D eigenvalue weighted by Crippen LogP contribution is -2.27. The lowest BCUT2D eigenvalue weighted by Gasteiger charge is -2.25. The number of carbonyl (C=O) groups excluding carboxylic acids is 1. The standard InChI is InChI=1S/C32H36N6O2S/c1-5-21-12-22-8-7-10-33-28(22)19-38(17-21)18-25-14-24(13-23-9-11-41-31(23)25)26(15-29(39)40-6-2)27-16-34-32-30(20(27)3)35-36-37(32)4/h7-11,13-14,16,21,26H,5-6,12,15,17-19H2,1-4H3/t21-,26?/m0/s1. The van der Waals surface area contributed by atoms with Crippen molar-refractivity contribution < 1.29 is 9.53 Å². The summed E-state index contributed by atoms with van der Waals surface area (Å²) in [7, 11) is 1.84. The fourth-order valence-electron chi connectivity index (χ4n) is 6.20. The zero-order valence-corrected chi connectivity index (χ0v) is 24.9. The number of ether oxygens (including phenoxy) is 1. The fraction of sp³-hybridized carbons (Fsp3) is 0.406. The van der Waals surface area contributed by atoms with Crippen molar-refractivity contribution in [3.05, 3.63) is 81.6 Å². The number of hydrogen-bond acceptors (Lipinski definition) is 8. The molecule has 0 spiro atoms. The third-order valence-electron chi connectivity index (χ3n) is 8.37. The molecule has 0 saturated carbocycles. The minimum absolute atomic E-state index is 0.217. The predicted molar refractivity (Wildman–Crippen MR) is 162 cm³/mol. The first kappa shape index (κ1) is 27.5. The third-order valence-corrected chi connectivity index (χ3v) is 9.38. The first-order valence-electron chi connectivity index (χ1n) is 14.4. The molecule has 6 rings (SSSR count). The summed E-state index contributed by atoms with van der Waals surface area (Å²) in [5, 5.41) is 11.9. The van der Waals surface area contributed by atoms with E-state index in [-0.39, 0.29) is 18.3 Å². The van der Waals surface area contributed by atoms with E-state index in [1.54, 1.807) is 16.0 Å². The Bertz CT molecular complexity index is 1710. The van der Waals surface area contributed by atoms with Crippen LogP contribution < -0.4 is 0 Å². The average molecular weight is 569 g/mol. The Hall–Kier alpha value is -3.69. The van der Waals surface area contributed by atoms with Crippen LogP contribution in [0.15, 0.2) is 48.1 Å². The predicted octanol–water partition coefficient (Wildman–Crippen LogP) is 5.95. The van der Waals surface area contributed by atoms with Gasteiger partial charge in [0.1, 0.15) is 5.52 Å². The number of rotatable bonds is 8. The number of nitrogens with zero attached hydrogens (tertiary/aromatic N) is 6. The molecule has 5 aromatic rings. The van der Waals surface area contributed by atoms with Crippen molar-refractivity contribution in [3.63, 3.8) is 0 Å². The average Bonchev–Trinajstić information content (AvgIpc) is 3.55. The van der Waals surface area contributed by atoms with Crippen molar-refractivity contribution in [2.45, 2.75) is 59.0 Å². The highest BCUT2D eigenvalue weighted by molar-refractivity contribution is 7.17.